The first kappa shape index (κ1) is 15.0. The Hall–Kier alpha value is -1.55. The van der Waals surface area contributed by atoms with Crippen molar-refractivity contribution in [3.05, 3.63) is 35.9 Å². The van der Waals surface area contributed by atoms with Gasteiger partial charge in [-0.1, -0.05) is 36.8 Å². The van der Waals surface area contributed by atoms with Gasteiger partial charge in [0.1, 0.15) is 6.10 Å². The van der Waals surface area contributed by atoms with E-state index in [-0.39, 0.29) is 18.2 Å². The van der Waals surface area contributed by atoms with Gasteiger partial charge in [-0.2, -0.15) is 0 Å². The minimum absolute atomic E-state index is 0.0790. The van der Waals surface area contributed by atoms with Crippen LogP contribution in [0.5, 0.6) is 0 Å². The number of rotatable bonds is 4. The third kappa shape index (κ3) is 3.23. The molecule has 2 bridgehead atoms. The second kappa shape index (κ2) is 6.52. The first-order valence-corrected chi connectivity index (χ1v) is 9.04. The smallest absolute Gasteiger partial charge is 0.407 e. The molecule has 1 aliphatic carbocycles. The van der Waals surface area contributed by atoms with Gasteiger partial charge in [-0.05, 0) is 56.2 Å². The molecule has 124 valence electrons. The predicted octanol–water partition coefficient (Wildman–Crippen LogP) is 3.35. The summed E-state index contributed by atoms with van der Waals surface area (Å²) in [5.74, 6) is 1.11. The maximum atomic E-state index is 12.5. The quantitative estimate of drug-likeness (QED) is 0.926. The van der Waals surface area contributed by atoms with Crippen molar-refractivity contribution in [2.75, 3.05) is 19.6 Å². The van der Waals surface area contributed by atoms with Crippen molar-refractivity contribution in [2.24, 2.45) is 11.8 Å². The number of piperidine rings is 3. The molecule has 23 heavy (non-hydrogen) atoms. The van der Waals surface area contributed by atoms with Gasteiger partial charge in [0.25, 0.3) is 0 Å². The molecule has 3 heterocycles. The van der Waals surface area contributed by atoms with Gasteiger partial charge in [0.15, 0.2) is 0 Å². The lowest BCUT2D eigenvalue weighted by Crippen LogP contribution is -2.53. The molecule has 2 atom stereocenters. The Morgan fingerprint density at radius 3 is 2.43 bits per heavy atom. The van der Waals surface area contributed by atoms with E-state index in [0.29, 0.717) is 11.8 Å². The van der Waals surface area contributed by atoms with Gasteiger partial charge in [-0.25, -0.2) is 4.79 Å². The second-order valence-electron chi connectivity index (χ2n) is 7.31. The van der Waals surface area contributed by atoms with Crippen LogP contribution in [0.1, 0.15) is 43.7 Å². The van der Waals surface area contributed by atoms with Gasteiger partial charge in [0.2, 0.25) is 0 Å². The van der Waals surface area contributed by atoms with Crippen molar-refractivity contribution >= 4 is 6.09 Å². The van der Waals surface area contributed by atoms with Gasteiger partial charge in [-0.3, -0.25) is 4.90 Å². The van der Waals surface area contributed by atoms with E-state index in [2.05, 4.69) is 22.3 Å². The van der Waals surface area contributed by atoms with Crippen molar-refractivity contribution < 1.29 is 9.53 Å². The molecule has 1 N–H and O–H groups in total. The Morgan fingerprint density at radius 1 is 1.13 bits per heavy atom. The fourth-order valence-corrected chi connectivity index (χ4v) is 4.25. The monoisotopic (exact) mass is 314 g/mol. The lowest BCUT2D eigenvalue weighted by atomic mass is 9.77. The average Bonchev–Trinajstić information content (AvgIpc) is 2.54. The Morgan fingerprint density at radius 2 is 1.87 bits per heavy atom. The number of amides is 1. The summed E-state index contributed by atoms with van der Waals surface area (Å²) in [7, 11) is 0. The molecule has 3 aliphatic heterocycles. The molecule has 4 heteroatoms. The molecule has 1 aromatic carbocycles. The molecule has 4 fully saturated rings. The van der Waals surface area contributed by atoms with Crippen LogP contribution in [-0.4, -0.2) is 36.7 Å². The number of nitrogens with zero attached hydrogens (tertiary/aromatic N) is 1. The summed E-state index contributed by atoms with van der Waals surface area (Å²) >= 11 is 0. The molecule has 1 unspecified atom stereocenters. The number of alkyl carbamates (subject to hydrolysis) is 1. The molecule has 3 saturated heterocycles. The molecule has 4 nitrogen and oxygen atoms in total. The zero-order valence-corrected chi connectivity index (χ0v) is 13.6. The standard InChI is InChI=1S/C19H26N2O2/c22-19(23-17-13-21-11-9-14(17)10-12-21)20-18(16-7-4-8-16)15-5-2-1-3-6-15/h1-3,5-6,14,16-18H,4,7-13H2,(H,20,22)/t17-,18?/m0/s1. The van der Waals surface area contributed by atoms with Gasteiger partial charge in [-0.15, -0.1) is 0 Å². The lowest BCUT2D eigenvalue weighted by Gasteiger charge is -2.44. The van der Waals surface area contributed by atoms with Crippen molar-refractivity contribution in [1.29, 1.82) is 0 Å². The first-order chi connectivity index (χ1) is 11.3. The van der Waals surface area contributed by atoms with Crippen LogP contribution in [-0.2, 0) is 4.74 Å². The maximum Gasteiger partial charge on any atom is 0.407 e. The Bertz CT molecular complexity index is 536. The number of benzene rings is 1. The molecule has 1 saturated carbocycles. The minimum Gasteiger partial charge on any atom is -0.445 e. The molecular formula is C19H26N2O2. The van der Waals surface area contributed by atoms with Gasteiger partial charge < -0.3 is 10.1 Å². The summed E-state index contributed by atoms with van der Waals surface area (Å²) in [6.45, 7) is 3.25. The van der Waals surface area contributed by atoms with E-state index in [1.807, 2.05) is 18.2 Å². The number of carbonyl (C=O) groups is 1. The third-order valence-corrected chi connectivity index (χ3v) is 5.91. The molecular weight excluding hydrogens is 288 g/mol. The normalized spacial score (nSPS) is 31.2. The molecule has 0 aromatic heterocycles. The topological polar surface area (TPSA) is 41.6 Å². The van der Waals surface area contributed by atoms with Gasteiger partial charge in [0, 0.05) is 6.54 Å². The zero-order valence-electron chi connectivity index (χ0n) is 13.6. The lowest BCUT2D eigenvalue weighted by molar-refractivity contribution is -0.0348. The van der Waals surface area contributed by atoms with Crippen LogP contribution in [0.2, 0.25) is 0 Å². The third-order valence-electron chi connectivity index (χ3n) is 5.91. The highest BCUT2D eigenvalue weighted by Gasteiger charge is 2.37. The highest BCUT2D eigenvalue weighted by Crippen LogP contribution is 2.38. The average molecular weight is 314 g/mol. The molecule has 1 aromatic rings. The fraction of sp³-hybridized carbons (Fsp3) is 0.632. The number of hydrogen-bond donors (Lipinski definition) is 1. The summed E-state index contributed by atoms with van der Waals surface area (Å²) in [6.07, 6.45) is 5.84. The van der Waals surface area contributed by atoms with E-state index in [1.165, 1.54) is 50.8 Å². The summed E-state index contributed by atoms with van der Waals surface area (Å²) in [5.41, 5.74) is 1.20. The summed E-state index contributed by atoms with van der Waals surface area (Å²) in [6, 6.07) is 10.4. The van der Waals surface area contributed by atoms with Gasteiger partial charge >= 0.3 is 6.09 Å². The van der Waals surface area contributed by atoms with Crippen molar-refractivity contribution in [1.82, 2.24) is 10.2 Å². The van der Waals surface area contributed by atoms with E-state index >= 15 is 0 Å². The summed E-state index contributed by atoms with van der Waals surface area (Å²) in [4.78, 5) is 14.9. The highest BCUT2D eigenvalue weighted by molar-refractivity contribution is 5.68. The zero-order chi connectivity index (χ0) is 15.6. The molecule has 5 rings (SSSR count). The van der Waals surface area contributed by atoms with E-state index < -0.39 is 0 Å². The number of carbonyl (C=O) groups excluding carboxylic acids is 1. The van der Waals surface area contributed by atoms with Crippen molar-refractivity contribution in [2.45, 2.75) is 44.2 Å². The van der Waals surface area contributed by atoms with E-state index in [0.717, 1.165) is 6.54 Å². The number of nitrogens with one attached hydrogen (secondary N) is 1. The molecule has 0 radical (unpaired) electrons. The van der Waals surface area contributed by atoms with E-state index in [9.17, 15) is 4.79 Å². The van der Waals surface area contributed by atoms with E-state index in [1.54, 1.807) is 0 Å². The minimum atomic E-state index is -0.232. The fourth-order valence-electron chi connectivity index (χ4n) is 4.25. The van der Waals surface area contributed by atoms with Crippen LogP contribution in [0, 0.1) is 11.8 Å². The van der Waals surface area contributed by atoms with Gasteiger partial charge in [0.05, 0.1) is 6.04 Å². The highest BCUT2D eigenvalue weighted by atomic mass is 16.6. The van der Waals surface area contributed by atoms with Crippen LogP contribution in [0.3, 0.4) is 0 Å². The van der Waals surface area contributed by atoms with Crippen LogP contribution >= 0.6 is 0 Å². The number of ether oxygens (including phenoxy) is 1. The predicted molar refractivity (Wildman–Crippen MR) is 89.1 cm³/mol. The van der Waals surface area contributed by atoms with E-state index in [4.69, 9.17) is 4.74 Å². The Kier molecular flexibility index (Phi) is 4.25. The summed E-state index contributed by atoms with van der Waals surface area (Å²) < 4.78 is 5.80. The molecule has 1 amide bonds. The Balaban J connectivity index is 1.39. The SMILES string of the molecule is O=C(NC(c1ccccc1)C1CCC1)O[C@H]1CN2CCC1CC2. The second-order valence-corrected chi connectivity index (χ2v) is 7.31. The summed E-state index contributed by atoms with van der Waals surface area (Å²) in [5, 5.41) is 3.16. The van der Waals surface area contributed by atoms with Crippen LogP contribution in [0.15, 0.2) is 30.3 Å². The number of fused-ring (bicyclic) bond motifs is 3. The van der Waals surface area contributed by atoms with Crippen LogP contribution < -0.4 is 5.32 Å². The number of hydrogen-bond acceptors (Lipinski definition) is 3. The van der Waals surface area contributed by atoms with Crippen LogP contribution in [0.4, 0.5) is 4.79 Å². The van der Waals surface area contributed by atoms with Crippen molar-refractivity contribution in [3.63, 3.8) is 0 Å². The molecule has 0 spiro atoms. The Labute approximate surface area is 138 Å². The maximum absolute atomic E-state index is 12.5. The first-order valence-electron chi connectivity index (χ1n) is 9.04. The van der Waals surface area contributed by atoms with Crippen molar-refractivity contribution in [3.8, 4) is 0 Å². The van der Waals surface area contributed by atoms with Crippen LogP contribution in [0.25, 0.3) is 0 Å². The molecule has 4 aliphatic rings. The largest absolute Gasteiger partial charge is 0.445 e.